The Morgan fingerprint density at radius 1 is 1.40 bits per heavy atom. The van der Waals surface area contributed by atoms with Crippen LogP contribution in [0.5, 0.6) is 0 Å². The molecule has 1 aromatic carbocycles. The highest BCUT2D eigenvalue weighted by molar-refractivity contribution is 8.05. The highest BCUT2D eigenvalue weighted by atomic mass is 32.2. The molecule has 4 rings (SSSR count). The average Bonchev–Trinajstić information content (AvgIpc) is 3.64. The number of nitrogens with zero attached hydrogens (tertiary/aromatic N) is 4. The molecule has 3 heterocycles. The van der Waals surface area contributed by atoms with E-state index in [-0.39, 0.29) is 17.2 Å². The molecule has 2 N–H and O–H groups in total. The van der Waals surface area contributed by atoms with E-state index in [1.165, 1.54) is 24.6 Å². The normalized spacial score (nSPS) is 22.1. The number of anilines is 1. The largest absolute Gasteiger partial charge is 0.478 e. The Morgan fingerprint density at radius 2 is 2.23 bits per heavy atom. The van der Waals surface area contributed by atoms with Crippen LogP contribution in [0.3, 0.4) is 0 Å². The highest BCUT2D eigenvalue weighted by Gasteiger charge is 2.43. The Kier molecular flexibility index (Phi) is 8.66. The van der Waals surface area contributed by atoms with Crippen molar-refractivity contribution in [2.45, 2.75) is 31.6 Å². The summed E-state index contributed by atoms with van der Waals surface area (Å²) in [5.74, 6) is -0.458. The van der Waals surface area contributed by atoms with Crippen molar-refractivity contribution >= 4 is 35.2 Å². The molecular weight excluding hydrogens is 464 g/mol. The Morgan fingerprint density at radius 3 is 2.94 bits per heavy atom. The summed E-state index contributed by atoms with van der Waals surface area (Å²) in [7, 11) is 0. The third-order valence-corrected chi connectivity index (χ3v) is 7.61. The van der Waals surface area contributed by atoms with Crippen LogP contribution in [0.2, 0.25) is 0 Å². The van der Waals surface area contributed by atoms with Crippen LogP contribution in [0, 0.1) is 17.2 Å². The van der Waals surface area contributed by atoms with E-state index < -0.39 is 5.92 Å². The number of carbonyl (C=O) groups excluding carboxylic acids is 2. The van der Waals surface area contributed by atoms with Crippen molar-refractivity contribution in [3.63, 3.8) is 0 Å². The molecular formula is C25H32N6O3S. The number of hydrogen-bond donors (Lipinski definition) is 2. The fourth-order valence-corrected chi connectivity index (χ4v) is 5.75. The van der Waals surface area contributed by atoms with E-state index in [4.69, 9.17) is 4.74 Å². The lowest BCUT2D eigenvalue weighted by Gasteiger charge is -2.24. The third-order valence-electron chi connectivity index (χ3n) is 6.30. The van der Waals surface area contributed by atoms with Gasteiger partial charge in [0.2, 0.25) is 5.90 Å². The van der Waals surface area contributed by atoms with Gasteiger partial charge < -0.3 is 25.2 Å². The van der Waals surface area contributed by atoms with Crippen LogP contribution in [-0.4, -0.2) is 78.8 Å². The van der Waals surface area contributed by atoms with E-state index in [1.807, 2.05) is 19.1 Å². The molecule has 2 saturated heterocycles. The van der Waals surface area contributed by atoms with Gasteiger partial charge in [-0.25, -0.2) is 0 Å². The summed E-state index contributed by atoms with van der Waals surface area (Å²) in [5, 5.41) is 15.5. The van der Waals surface area contributed by atoms with Crippen molar-refractivity contribution < 1.29 is 14.3 Å². The maximum Gasteiger partial charge on any atom is 0.262 e. The topological polar surface area (TPSA) is 110 Å². The number of ether oxygens (including phenoxy) is 1. The monoisotopic (exact) mass is 496 g/mol. The van der Waals surface area contributed by atoms with Gasteiger partial charge in [0.05, 0.1) is 17.5 Å². The predicted octanol–water partition coefficient (Wildman–Crippen LogP) is 2.65. The minimum atomic E-state index is -0.616. The van der Waals surface area contributed by atoms with Gasteiger partial charge in [-0.3, -0.25) is 14.6 Å². The van der Waals surface area contributed by atoms with E-state index >= 15 is 0 Å². The van der Waals surface area contributed by atoms with E-state index in [9.17, 15) is 14.9 Å². The standard InChI is InChI=1S/C25H32N6O3S/c1-2-31-24(33)21(35-25(31)20(16-26)23-28-10-14-34-23)17-29-19-8-5-7-18(15-19)22(32)27-9-6-13-30-11-3-4-12-30/h5,7-8,15,17,20,25,29H,2-4,6,9-14H2,1H3,(H,27,32)/b21-17+/t20?,25-/m0/s1. The zero-order valence-corrected chi connectivity index (χ0v) is 20.9. The molecule has 1 unspecified atom stereocenters. The molecule has 0 spiro atoms. The lowest BCUT2D eigenvalue weighted by atomic mass is 10.1. The van der Waals surface area contributed by atoms with Crippen molar-refractivity contribution in [3.05, 3.63) is 40.9 Å². The molecule has 3 aliphatic rings. The van der Waals surface area contributed by atoms with Crippen molar-refractivity contribution in [1.29, 1.82) is 5.26 Å². The van der Waals surface area contributed by atoms with Crippen LogP contribution in [0.4, 0.5) is 5.69 Å². The molecule has 0 aromatic heterocycles. The number of rotatable bonds is 10. The molecule has 0 radical (unpaired) electrons. The van der Waals surface area contributed by atoms with Gasteiger partial charge in [-0.1, -0.05) is 17.8 Å². The Hall–Kier alpha value is -3.03. The first-order chi connectivity index (χ1) is 17.1. The summed E-state index contributed by atoms with van der Waals surface area (Å²) in [6.45, 7) is 7.36. The Labute approximate surface area is 210 Å². The molecule has 9 nitrogen and oxygen atoms in total. The molecule has 186 valence electrons. The quantitative estimate of drug-likeness (QED) is 0.378. The maximum atomic E-state index is 13.0. The van der Waals surface area contributed by atoms with E-state index in [0.717, 1.165) is 26.1 Å². The first-order valence-corrected chi connectivity index (χ1v) is 13.1. The number of amides is 2. The second-order valence-corrected chi connectivity index (χ2v) is 9.83. The van der Waals surface area contributed by atoms with Crippen LogP contribution in [0.25, 0.3) is 0 Å². The summed E-state index contributed by atoms with van der Waals surface area (Å²) >= 11 is 1.33. The van der Waals surface area contributed by atoms with Crippen molar-refractivity contribution in [2.24, 2.45) is 10.9 Å². The molecule has 2 atom stereocenters. The van der Waals surface area contributed by atoms with E-state index in [0.29, 0.717) is 48.3 Å². The first-order valence-electron chi connectivity index (χ1n) is 12.2. The average molecular weight is 497 g/mol. The fraction of sp³-hybridized carbons (Fsp3) is 0.520. The van der Waals surface area contributed by atoms with E-state index in [1.54, 1.807) is 23.2 Å². The molecule has 2 amide bonds. The molecule has 0 saturated carbocycles. The van der Waals surface area contributed by atoms with Gasteiger partial charge in [0.25, 0.3) is 11.8 Å². The minimum Gasteiger partial charge on any atom is -0.478 e. The maximum absolute atomic E-state index is 13.0. The number of benzene rings is 1. The van der Waals surface area contributed by atoms with Crippen LogP contribution in [0.15, 0.2) is 40.4 Å². The molecule has 10 heteroatoms. The summed E-state index contributed by atoms with van der Waals surface area (Å²) < 4.78 is 5.51. The Balaban J connectivity index is 1.34. The fourth-order valence-electron chi connectivity index (χ4n) is 4.46. The van der Waals surface area contributed by atoms with Gasteiger partial charge in [-0.15, -0.1) is 0 Å². The predicted molar refractivity (Wildman–Crippen MR) is 137 cm³/mol. The zero-order valence-electron chi connectivity index (χ0n) is 20.0. The van der Waals surface area contributed by atoms with Gasteiger partial charge in [-0.05, 0) is 64.0 Å². The molecule has 0 bridgehead atoms. The van der Waals surface area contributed by atoms with E-state index in [2.05, 4.69) is 26.6 Å². The smallest absolute Gasteiger partial charge is 0.262 e. The number of nitrogens with one attached hydrogen (secondary N) is 2. The van der Waals surface area contributed by atoms with Gasteiger partial charge in [-0.2, -0.15) is 5.26 Å². The SMILES string of the molecule is CCN1C(=O)/C(=C\Nc2cccc(C(=O)NCCCN3CCCC3)c2)S[C@H]1C(C#N)C1=NCCO1. The third kappa shape index (κ3) is 6.16. The van der Waals surface area contributed by atoms with Gasteiger partial charge >= 0.3 is 0 Å². The second-order valence-electron chi connectivity index (χ2n) is 8.67. The van der Waals surface area contributed by atoms with Crippen LogP contribution < -0.4 is 10.6 Å². The van der Waals surface area contributed by atoms with Crippen molar-refractivity contribution in [3.8, 4) is 6.07 Å². The lowest BCUT2D eigenvalue weighted by molar-refractivity contribution is -0.126. The van der Waals surface area contributed by atoms with Gasteiger partial charge in [0, 0.05) is 30.5 Å². The van der Waals surface area contributed by atoms with Crippen molar-refractivity contribution in [2.75, 3.05) is 51.2 Å². The first kappa shape index (κ1) is 25.1. The summed E-state index contributed by atoms with van der Waals surface area (Å²) in [5.41, 5.74) is 1.27. The summed E-state index contributed by atoms with van der Waals surface area (Å²) in [6, 6.07) is 9.46. The second kappa shape index (κ2) is 12.1. The number of likely N-dealkylation sites (N-methyl/N-ethyl adjacent to an activating group) is 1. The zero-order chi connectivity index (χ0) is 24.6. The van der Waals surface area contributed by atoms with Crippen LogP contribution in [-0.2, 0) is 9.53 Å². The molecule has 35 heavy (non-hydrogen) atoms. The molecule has 3 aliphatic heterocycles. The number of aliphatic imine (C=N–C) groups is 1. The number of thioether (sulfide) groups is 1. The number of carbonyl (C=O) groups is 2. The van der Waals surface area contributed by atoms with Gasteiger partial charge in [0.1, 0.15) is 12.0 Å². The minimum absolute atomic E-state index is 0.111. The Bertz CT molecular complexity index is 1030. The number of likely N-dealkylation sites (tertiary alicyclic amines) is 1. The molecule has 2 fully saturated rings. The molecule has 1 aromatic rings. The summed E-state index contributed by atoms with van der Waals surface area (Å²) in [6.07, 6.45) is 5.12. The van der Waals surface area contributed by atoms with Crippen LogP contribution in [0.1, 0.15) is 36.5 Å². The summed E-state index contributed by atoms with van der Waals surface area (Å²) in [4.78, 5) is 34.4. The van der Waals surface area contributed by atoms with Crippen LogP contribution >= 0.6 is 11.8 Å². The van der Waals surface area contributed by atoms with Crippen molar-refractivity contribution in [1.82, 2.24) is 15.1 Å². The lowest BCUT2D eigenvalue weighted by Crippen LogP contribution is -2.39. The number of hydrogen-bond acceptors (Lipinski definition) is 8. The number of nitriles is 1. The highest BCUT2D eigenvalue weighted by Crippen LogP contribution is 2.39. The van der Waals surface area contributed by atoms with Gasteiger partial charge in [0.15, 0.2) is 5.92 Å². The molecule has 0 aliphatic carbocycles.